The first-order chi connectivity index (χ1) is 13.8. The first kappa shape index (κ1) is 20.3. The summed E-state index contributed by atoms with van der Waals surface area (Å²) in [4.78, 5) is 49.5. The summed E-state index contributed by atoms with van der Waals surface area (Å²) in [5, 5.41) is 2.76. The summed E-state index contributed by atoms with van der Waals surface area (Å²) < 4.78 is 4.94. The highest BCUT2D eigenvalue weighted by atomic mass is 16.5. The van der Waals surface area contributed by atoms with Crippen molar-refractivity contribution < 1.29 is 23.9 Å². The third kappa shape index (κ3) is 4.34. The molecule has 2 aromatic carbocycles. The Kier molecular flexibility index (Phi) is 5.77. The van der Waals surface area contributed by atoms with Crippen LogP contribution in [-0.2, 0) is 14.3 Å². The number of nitrogens with zero attached hydrogens (tertiary/aromatic N) is 1. The van der Waals surface area contributed by atoms with Crippen LogP contribution in [0.15, 0.2) is 42.5 Å². The molecule has 1 aliphatic rings. The molecule has 1 atom stereocenters. The van der Waals surface area contributed by atoms with Gasteiger partial charge in [-0.25, -0.2) is 0 Å². The third-order valence-corrected chi connectivity index (χ3v) is 4.94. The van der Waals surface area contributed by atoms with E-state index in [1.807, 2.05) is 39.0 Å². The number of ether oxygens (including phenoxy) is 1. The lowest BCUT2D eigenvalue weighted by Gasteiger charge is -2.16. The molecule has 0 aromatic heterocycles. The lowest BCUT2D eigenvalue weighted by Crippen LogP contribution is -2.37. The molecule has 7 nitrogen and oxygen atoms in total. The molecule has 1 heterocycles. The van der Waals surface area contributed by atoms with Gasteiger partial charge in [0.05, 0.1) is 17.2 Å². The Bertz CT molecular complexity index is 963. The van der Waals surface area contributed by atoms with E-state index >= 15 is 0 Å². The maximum absolute atomic E-state index is 12.3. The number of benzene rings is 2. The van der Waals surface area contributed by atoms with Crippen LogP contribution in [0, 0.1) is 13.8 Å². The fourth-order valence-corrected chi connectivity index (χ4v) is 3.10. The van der Waals surface area contributed by atoms with Gasteiger partial charge >= 0.3 is 5.97 Å². The highest BCUT2D eigenvalue weighted by Gasteiger charge is 2.36. The Morgan fingerprint density at radius 3 is 2.21 bits per heavy atom. The summed E-state index contributed by atoms with van der Waals surface area (Å²) in [5.74, 6) is -2.38. The van der Waals surface area contributed by atoms with Gasteiger partial charge in [0, 0.05) is 0 Å². The number of carbonyl (C=O) groups excluding carboxylic acids is 4. The van der Waals surface area contributed by atoms with E-state index in [1.54, 1.807) is 12.1 Å². The molecule has 29 heavy (non-hydrogen) atoms. The maximum atomic E-state index is 12.3. The van der Waals surface area contributed by atoms with Crippen LogP contribution < -0.4 is 5.32 Å². The smallest absolute Gasteiger partial charge is 0.326 e. The van der Waals surface area contributed by atoms with Gasteiger partial charge in [0.25, 0.3) is 17.7 Å². The van der Waals surface area contributed by atoms with Crippen LogP contribution in [0.25, 0.3) is 0 Å². The van der Waals surface area contributed by atoms with E-state index in [2.05, 4.69) is 5.32 Å². The Hall–Kier alpha value is -3.48. The molecule has 0 saturated carbocycles. The molecule has 0 spiro atoms. The van der Waals surface area contributed by atoms with Gasteiger partial charge in [0.1, 0.15) is 6.54 Å². The predicted octanol–water partition coefficient (Wildman–Crippen LogP) is 2.32. The van der Waals surface area contributed by atoms with Crippen molar-refractivity contribution in [1.82, 2.24) is 10.2 Å². The van der Waals surface area contributed by atoms with Crippen LogP contribution in [-0.4, -0.2) is 41.7 Å². The summed E-state index contributed by atoms with van der Waals surface area (Å²) >= 11 is 0. The monoisotopic (exact) mass is 394 g/mol. The highest BCUT2D eigenvalue weighted by molar-refractivity contribution is 6.22. The van der Waals surface area contributed by atoms with Crippen LogP contribution in [0.1, 0.15) is 50.4 Å². The Morgan fingerprint density at radius 2 is 1.62 bits per heavy atom. The number of fused-ring (bicyclic) bond motifs is 1. The van der Waals surface area contributed by atoms with E-state index in [-0.39, 0.29) is 17.2 Å². The van der Waals surface area contributed by atoms with Crippen molar-refractivity contribution in [2.45, 2.75) is 26.8 Å². The van der Waals surface area contributed by atoms with Crippen LogP contribution in [0.4, 0.5) is 0 Å². The topological polar surface area (TPSA) is 92.8 Å². The van der Waals surface area contributed by atoms with Crippen molar-refractivity contribution in [3.05, 3.63) is 70.3 Å². The summed E-state index contributed by atoms with van der Waals surface area (Å²) in [7, 11) is 0. The molecule has 2 aromatic rings. The normalized spacial score (nSPS) is 13.8. The molecule has 3 rings (SSSR count). The Labute approximate surface area is 168 Å². The van der Waals surface area contributed by atoms with Gasteiger partial charge in [-0.1, -0.05) is 30.3 Å². The number of aryl methyl sites for hydroxylation is 2. The number of amides is 3. The minimum Gasteiger partial charge on any atom is -0.454 e. The number of nitrogens with one attached hydrogen (secondary N) is 1. The van der Waals surface area contributed by atoms with Gasteiger partial charge in [-0.3, -0.25) is 24.1 Å². The average molecular weight is 394 g/mol. The quantitative estimate of drug-likeness (QED) is 0.600. The van der Waals surface area contributed by atoms with Crippen molar-refractivity contribution in [1.29, 1.82) is 0 Å². The molecule has 0 saturated heterocycles. The number of esters is 1. The van der Waals surface area contributed by atoms with Crippen molar-refractivity contribution >= 4 is 23.7 Å². The zero-order valence-electron chi connectivity index (χ0n) is 16.5. The molecule has 7 heteroatoms. The van der Waals surface area contributed by atoms with E-state index in [4.69, 9.17) is 4.74 Å². The lowest BCUT2D eigenvalue weighted by atomic mass is 10.0. The standard InChI is InChI=1S/C22H22N2O5/c1-13-8-9-16(10-14(13)2)15(3)23-19(25)12-29-20(26)11-24-21(27)17-6-4-5-7-18(17)22(24)28/h4-10,15H,11-12H2,1-3H3,(H,23,25). The molecule has 0 bridgehead atoms. The fraction of sp³-hybridized carbons (Fsp3) is 0.273. The van der Waals surface area contributed by atoms with Crippen LogP contribution >= 0.6 is 0 Å². The summed E-state index contributed by atoms with van der Waals surface area (Å²) in [6.45, 7) is 4.82. The van der Waals surface area contributed by atoms with E-state index in [9.17, 15) is 19.2 Å². The second-order valence-corrected chi connectivity index (χ2v) is 7.04. The Balaban J connectivity index is 1.50. The van der Waals surface area contributed by atoms with Gasteiger partial charge < -0.3 is 10.1 Å². The highest BCUT2D eigenvalue weighted by Crippen LogP contribution is 2.22. The largest absolute Gasteiger partial charge is 0.454 e. The molecule has 0 fully saturated rings. The zero-order chi connectivity index (χ0) is 21.1. The zero-order valence-corrected chi connectivity index (χ0v) is 16.5. The molecular formula is C22H22N2O5. The number of carbonyl (C=O) groups is 4. The van der Waals surface area contributed by atoms with Crippen LogP contribution in [0.2, 0.25) is 0 Å². The number of hydrogen-bond acceptors (Lipinski definition) is 5. The van der Waals surface area contributed by atoms with Crippen molar-refractivity contribution in [3.8, 4) is 0 Å². The fourth-order valence-electron chi connectivity index (χ4n) is 3.10. The van der Waals surface area contributed by atoms with Gasteiger partial charge in [-0.05, 0) is 49.6 Å². The molecule has 0 aliphatic carbocycles. The molecule has 1 N–H and O–H groups in total. The molecule has 1 unspecified atom stereocenters. The van der Waals surface area contributed by atoms with Crippen molar-refractivity contribution in [3.63, 3.8) is 0 Å². The summed E-state index contributed by atoms with van der Waals surface area (Å²) in [6, 6.07) is 12.0. The second kappa shape index (κ2) is 8.26. The Morgan fingerprint density at radius 1 is 1.00 bits per heavy atom. The van der Waals surface area contributed by atoms with Gasteiger partial charge in [-0.15, -0.1) is 0 Å². The van der Waals surface area contributed by atoms with Gasteiger partial charge in [-0.2, -0.15) is 0 Å². The minimum absolute atomic E-state index is 0.253. The number of hydrogen-bond donors (Lipinski definition) is 1. The van der Waals surface area contributed by atoms with Crippen molar-refractivity contribution in [2.24, 2.45) is 0 Å². The predicted molar refractivity (Wildman–Crippen MR) is 105 cm³/mol. The second-order valence-electron chi connectivity index (χ2n) is 7.04. The van der Waals surface area contributed by atoms with E-state index < -0.39 is 36.8 Å². The molecular weight excluding hydrogens is 372 g/mol. The number of imide groups is 1. The third-order valence-electron chi connectivity index (χ3n) is 4.94. The molecule has 0 radical (unpaired) electrons. The first-order valence-corrected chi connectivity index (χ1v) is 9.25. The number of rotatable bonds is 6. The van der Waals surface area contributed by atoms with Gasteiger partial charge in [0.15, 0.2) is 6.61 Å². The van der Waals surface area contributed by atoms with Gasteiger partial charge in [0.2, 0.25) is 0 Å². The van der Waals surface area contributed by atoms with E-state index in [0.29, 0.717) is 0 Å². The van der Waals surface area contributed by atoms with Crippen LogP contribution in [0.5, 0.6) is 0 Å². The molecule has 1 aliphatic heterocycles. The minimum atomic E-state index is -0.825. The van der Waals surface area contributed by atoms with E-state index in [1.165, 1.54) is 12.1 Å². The SMILES string of the molecule is Cc1ccc(C(C)NC(=O)COC(=O)CN2C(=O)c3ccccc3C2=O)cc1C. The average Bonchev–Trinajstić information content (AvgIpc) is 2.93. The molecule has 150 valence electrons. The van der Waals surface area contributed by atoms with Crippen molar-refractivity contribution in [2.75, 3.05) is 13.2 Å². The lowest BCUT2D eigenvalue weighted by molar-refractivity contribution is -0.148. The van der Waals surface area contributed by atoms with E-state index in [0.717, 1.165) is 21.6 Å². The first-order valence-electron chi connectivity index (χ1n) is 9.25. The summed E-state index contributed by atoms with van der Waals surface area (Å²) in [5.41, 5.74) is 3.74. The molecule has 3 amide bonds. The van der Waals surface area contributed by atoms with Crippen LogP contribution in [0.3, 0.4) is 0 Å². The summed E-state index contributed by atoms with van der Waals surface area (Å²) in [6.07, 6.45) is 0. The maximum Gasteiger partial charge on any atom is 0.326 e.